The molecule has 0 fully saturated rings. The third-order valence-corrected chi connectivity index (χ3v) is 7.46. The molecule has 3 rings (SSSR count). The summed E-state index contributed by atoms with van der Waals surface area (Å²) in [6.07, 6.45) is 1.34. The van der Waals surface area contributed by atoms with Crippen LogP contribution in [0.15, 0.2) is 52.4 Å². The van der Waals surface area contributed by atoms with Crippen molar-refractivity contribution in [2.24, 2.45) is 0 Å². The molecule has 12 heteroatoms. The fourth-order valence-electron chi connectivity index (χ4n) is 2.62. The van der Waals surface area contributed by atoms with Gasteiger partial charge in [0.15, 0.2) is 11.5 Å². The summed E-state index contributed by atoms with van der Waals surface area (Å²) < 4.78 is 47.6. The number of rotatable bonds is 9. The summed E-state index contributed by atoms with van der Waals surface area (Å²) in [5, 5.41) is 19.0. The van der Waals surface area contributed by atoms with Crippen molar-refractivity contribution in [3.8, 4) is 17.6 Å². The van der Waals surface area contributed by atoms with E-state index in [1.807, 2.05) is 0 Å². The minimum absolute atomic E-state index is 0.0414. The van der Waals surface area contributed by atoms with Gasteiger partial charge in [-0.3, -0.25) is 10.1 Å². The largest absolute Gasteiger partial charge is 0.493 e. The zero-order chi connectivity index (χ0) is 24.7. The molecule has 0 bridgehead atoms. The fraction of sp³-hybridized carbons (Fsp3) is 0.182. The van der Waals surface area contributed by atoms with Gasteiger partial charge in [-0.1, -0.05) is 36.5 Å². The first-order valence-corrected chi connectivity index (χ1v) is 12.3. The number of methoxy groups -OCH3 is 1. The van der Waals surface area contributed by atoms with Crippen LogP contribution in [0.5, 0.6) is 11.5 Å². The highest BCUT2D eigenvalue weighted by Crippen LogP contribution is 2.30. The summed E-state index contributed by atoms with van der Waals surface area (Å²) in [7, 11) is -2.10. The van der Waals surface area contributed by atoms with Crippen LogP contribution in [0, 0.1) is 17.1 Å². The number of sulfone groups is 1. The molecule has 1 aromatic heterocycles. The molecule has 9 nitrogen and oxygen atoms in total. The fourth-order valence-corrected chi connectivity index (χ4v) is 4.61. The second kappa shape index (κ2) is 10.9. The third kappa shape index (κ3) is 6.15. The number of halogens is 1. The Morgan fingerprint density at radius 3 is 2.59 bits per heavy atom. The molecular formula is C22H19FN4O5S2. The van der Waals surface area contributed by atoms with Gasteiger partial charge in [-0.25, -0.2) is 12.8 Å². The Balaban J connectivity index is 1.74. The first-order chi connectivity index (χ1) is 16.2. The van der Waals surface area contributed by atoms with Gasteiger partial charge >= 0.3 is 0 Å². The van der Waals surface area contributed by atoms with Gasteiger partial charge < -0.3 is 9.47 Å². The summed E-state index contributed by atoms with van der Waals surface area (Å²) in [4.78, 5) is 12.5. The molecule has 0 spiro atoms. The average Bonchev–Trinajstić information content (AvgIpc) is 3.31. The summed E-state index contributed by atoms with van der Waals surface area (Å²) in [6, 6.07) is 12.5. The molecule has 0 aliphatic carbocycles. The minimum Gasteiger partial charge on any atom is -0.493 e. The van der Waals surface area contributed by atoms with Gasteiger partial charge in [0.2, 0.25) is 19.3 Å². The number of carbonyl (C=O) groups is 1. The van der Waals surface area contributed by atoms with Gasteiger partial charge in [-0.05, 0) is 41.5 Å². The standard InChI is InChI=1S/C22H19FN4O5S2/c1-3-34(29,30)22-27-26-21(33-22)25-20(28)16(12-24)10-15-6-9-18(19(11-15)31-2)32-13-14-4-7-17(23)8-5-14/h4-11H,3,13H2,1-2H3,(H,25,26,28)/b16-10-. The number of aromatic nitrogens is 2. The number of benzene rings is 2. The number of nitriles is 1. The average molecular weight is 503 g/mol. The van der Waals surface area contributed by atoms with Gasteiger partial charge in [0, 0.05) is 0 Å². The van der Waals surface area contributed by atoms with Crippen molar-refractivity contribution >= 4 is 38.3 Å². The Kier molecular flexibility index (Phi) is 7.93. The van der Waals surface area contributed by atoms with E-state index in [9.17, 15) is 22.9 Å². The maximum atomic E-state index is 13.0. The Morgan fingerprint density at radius 1 is 1.21 bits per heavy atom. The van der Waals surface area contributed by atoms with E-state index < -0.39 is 15.7 Å². The topological polar surface area (TPSA) is 131 Å². The molecule has 0 radical (unpaired) electrons. The number of nitrogens with one attached hydrogen (secondary N) is 1. The van der Waals surface area contributed by atoms with Gasteiger partial charge in [-0.2, -0.15) is 5.26 Å². The molecule has 0 unspecified atom stereocenters. The summed E-state index contributed by atoms with van der Waals surface area (Å²) in [6.45, 7) is 1.66. The van der Waals surface area contributed by atoms with E-state index >= 15 is 0 Å². The van der Waals surface area contributed by atoms with E-state index in [4.69, 9.17) is 9.47 Å². The number of carbonyl (C=O) groups excluding carboxylic acids is 1. The van der Waals surface area contributed by atoms with Crippen LogP contribution in [-0.2, 0) is 21.2 Å². The van der Waals surface area contributed by atoms with Crippen LogP contribution in [-0.4, -0.2) is 37.4 Å². The molecule has 1 heterocycles. The second-order valence-electron chi connectivity index (χ2n) is 6.73. The van der Waals surface area contributed by atoms with Crippen LogP contribution in [0.25, 0.3) is 6.08 Å². The molecule has 0 aliphatic heterocycles. The van der Waals surface area contributed by atoms with Crippen molar-refractivity contribution in [2.75, 3.05) is 18.2 Å². The molecule has 0 aliphatic rings. The predicted molar refractivity (Wildman–Crippen MR) is 124 cm³/mol. The van der Waals surface area contributed by atoms with Crippen molar-refractivity contribution in [3.05, 3.63) is 65.0 Å². The Bertz CT molecular complexity index is 1360. The first kappa shape index (κ1) is 24.8. The second-order valence-corrected chi connectivity index (χ2v) is 10.2. The lowest BCUT2D eigenvalue weighted by Crippen LogP contribution is -2.13. The SMILES string of the molecule is CCS(=O)(=O)c1nnc(NC(=O)/C(C#N)=C\c2ccc(OCc3ccc(F)cc3)c(OC)c2)s1. The van der Waals surface area contributed by atoms with Crippen LogP contribution in [0.4, 0.5) is 9.52 Å². The number of nitrogens with zero attached hydrogens (tertiary/aromatic N) is 3. The first-order valence-electron chi connectivity index (χ1n) is 9.80. The van der Waals surface area contributed by atoms with E-state index in [1.54, 1.807) is 36.4 Å². The highest BCUT2D eigenvalue weighted by Gasteiger charge is 2.20. The molecule has 0 atom stereocenters. The van der Waals surface area contributed by atoms with E-state index in [0.29, 0.717) is 28.4 Å². The molecule has 3 aromatic rings. The van der Waals surface area contributed by atoms with Crippen molar-refractivity contribution < 1.29 is 27.1 Å². The molecular weight excluding hydrogens is 483 g/mol. The maximum Gasteiger partial charge on any atom is 0.268 e. The van der Waals surface area contributed by atoms with Crippen molar-refractivity contribution in [1.82, 2.24) is 10.2 Å². The van der Waals surface area contributed by atoms with Crippen LogP contribution >= 0.6 is 11.3 Å². The lowest BCUT2D eigenvalue weighted by molar-refractivity contribution is -0.112. The quantitative estimate of drug-likeness (QED) is 0.267. The Hall–Kier alpha value is -3.82. The highest BCUT2D eigenvalue weighted by molar-refractivity contribution is 7.93. The molecule has 1 N–H and O–H groups in total. The van der Waals surface area contributed by atoms with Crippen molar-refractivity contribution in [3.63, 3.8) is 0 Å². The zero-order valence-corrected chi connectivity index (χ0v) is 19.7. The Morgan fingerprint density at radius 2 is 1.94 bits per heavy atom. The number of hydrogen-bond acceptors (Lipinski definition) is 9. The summed E-state index contributed by atoms with van der Waals surface area (Å²) >= 11 is 0.703. The van der Waals surface area contributed by atoms with E-state index in [-0.39, 0.29) is 33.2 Å². The maximum absolute atomic E-state index is 13.0. The van der Waals surface area contributed by atoms with Gasteiger partial charge in [0.05, 0.1) is 12.9 Å². The minimum atomic E-state index is -3.55. The van der Waals surface area contributed by atoms with Gasteiger partial charge in [0.25, 0.3) is 5.91 Å². The summed E-state index contributed by atoms with van der Waals surface area (Å²) in [5.74, 6) is -0.468. The molecule has 0 saturated carbocycles. The van der Waals surface area contributed by atoms with Crippen LogP contribution < -0.4 is 14.8 Å². The van der Waals surface area contributed by atoms with Crippen LogP contribution in [0.3, 0.4) is 0 Å². The smallest absolute Gasteiger partial charge is 0.268 e. The molecule has 1 amide bonds. The lowest BCUT2D eigenvalue weighted by Gasteiger charge is -2.11. The zero-order valence-electron chi connectivity index (χ0n) is 18.1. The molecule has 176 valence electrons. The van der Waals surface area contributed by atoms with E-state index in [2.05, 4.69) is 15.5 Å². The van der Waals surface area contributed by atoms with Gasteiger partial charge in [-0.15, -0.1) is 10.2 Å². The number of anilines is 1. The van der Waals surface area contributed by atoms with Crippen molar-refractivity contribution in [2.45, 2.75) is 17.9 Å². The molecule has 0 saturated heterocycles. The molecule has 2 aromatic carbocycles. The Labute approximate surface area is 199 Å². The van der Waals surface area contributed by atoms with Gasteiger partial charge in [0.1, 0.15) is 24.1 Å². The van der Waals surface area contributed by atoms with E-state index in [1.165, 1.54) is 32.2 Å². The number of hydrogen-bond donors (Lipinski definition) is 1. The highest BCUT2D eigenvalue weighted by atomic mass is 32.2. The predicted octanol–water partition coefficient (Wildman–Crippen LogP) is 3.60. The van der Waals surface area contributed by atoms with Crippen molar-refractivity contribution in [1.29, 1.82) is 5.26 Å². The number of ether oxygens (including phenoxy) is 2. The summed E-state index contributed by atoms with van der Waals surface area (Å²) in [5.41, 5.74) is 1.02. The monoisotopic (exact) mass is 502 g/mol. The number of amides is 1. The van der Waals surface area contributed by atoms with Crippen LogP contribution in [0.2, 0.25) is 0 Å². The van der Waals surface area contributed by atoms with E-state index in [0.717, 1.165) is 5.56 Å². The normalized spacial score (nSPS) is 11.5. The third-order valence-electron chi connectivity index (χ3n) is 4.44. The van der Waals surface area contributed by atoms with Crippen LogP contribution in [0.1, 0.15) is 18.1 Å². The molecule has 34 heavy (non-hydrogen) atoms. The lowest BCUT2D eigenvalue weighted by atomic mass is 10.1.